The molecule has 0 fully saturated rings. The van der Waals surface area contributed by atoms with Crippen molar-refractivity contribution >= 4 is 38.5 Å². The number of benzene rings is 1. The second kappa shape index (κ2) is 5.02. The molecule has 100 valence electrons. The van der Waals surface area contributed by atoms with Crippen LogP contribution >= 0.6 is 11.3 Å². The highest BCUT2D eigenvalue weighted by Crippen LogP contribution is 2.21. The van der Waals surface area contributed by atoms with E-state index >= 15 is 0 Å². The summed E-state index contributed by atoms with van der Waals surface area (Å²) < 4.78 is 22.8. The first kappa shape index (κ1) is 13.6. The molecule has 0 spiro atoms. The lowest BCUT2D eigenvalue weighted by molar-refractivity contribution is 0.103. The first-order chi connectivity index (χ1) is 8.88. The number of carbonyl (C=O) groups is 1. The summed E-state index contributed by atoms with van der Waals surface area (Å²) >= 11 is 1.23. The molecule has 5 nitrogen and oxygen atoms in total. The smallest absolute Gasteiger partial charge is 0.267 e. The Labute approximate surface area is 115 Å². The van der Waals surface area contributed by atoms with Crippen molar-refractivity contribution in [3.05, 3.63) is 40.6 Å². The van der Waals surface area contributed by atoms with E-state index in [1.807, 2.05) is 0 Å². The van der Waals surface area contributed by atoms with Crippen LogP contribution in [0.4, 0.5) is 11.4 Å². The quantitative estimate of drug-likeness (QED) is 0.906. The summed E-state index contributed by atoms with van der Waals surface area (Å²) in [7, 11) is -3.30. The highest BCUT2D eigenvalue weighted by atomic mass is 32.2. The normalized spacial score (nSPS) is 11.2. The monoisotopic (exact) mass is 296 g/mol. The van der Waals surface area contributed by atoms with Crippen molar-refractivity contribution in [3.8, 4) is 0 Å². The molecule has 0 bridgehead atoms. The number of nitrogens with two attached hydrogens (primary N) is 1. The summed E-state index contributed by atoms with van der Waals surface area (Å²) in [6.45, 7) is 0. The van der Waals surface area contributed by atoms with Gasteiger partial charge in [0.2, 0.25) is 0 Å². The standard InChI is InChI=1S/C12H12N2O3S2/c1-19(16,17)9-4-2-3-8(7-9)14-12(15)11-10(13)5-6-18-11/h2-7H,13H2,1H3,(H,14,15). The van der Waals surface area contributed by atoms with Crippen LogP contribution < -0.4 is 11.1 Å². The molecule has 1 amide bonds. The maximum absolute atomic E-state index is 11.9. The van der Waals surface area contributed by atoms with E-state index in [1.54, 1.807) is 23.6 Å². The fourth-order valence-corrected chi connectivity index (χ4v) is 2.88. The number of thiophene rings is 1. The molecule has 19 heavy (non-hydrogen) atoms. The topological polar surface area (TPSA) is 89.3 Å². The van der Waals surface area contributed by atoms with Crippen molar-refractivity contribution in [1.82, 2.24) is 0 Å². The third kappa shape index (κ3) is 3.12. The number of hydrogen-bond acceptors (Lipinski definition) is 5. The van der Waals surface area contributed by atoms with Crippen LogP contribution in [0.2, 0.25) is 0 Å². The fourth-order valence-electron chi connectivity index (χ4n) is 1.50. The molecule has 2 aromatic rings. The first-order valence-corrected chi connectivity index (χ1v) is 8.09. The number of anilines is 2. The number of nitrogen functional groups attached to an aromatic ring is 1. The molecule has 0 atom stereocenters. The van der Waals surface area contributed by atoms with Gasteiger partial charge in [0.05, 0.1) is 10.6 Å². The van der Waals surface area contributed by atoms with Crippen molar-refractivity contribution in [1.29, 1.82) is 0 Å². The maximum Gasteiger partial charge on any atom is 0.267 e. The van der Waals surface area contributed by atoms with Crippen LogP contribution in [-0.2, 0) is 9.84 Å². The van der Waals surface area contributed by atoms with Crippen molar-refractivity contribution in [2.75, 3.05) is 17.3 Å². The van der Waals surface area contributed by atoms with E-state index < -0.39 is 9.84 Å². The van der Waals surface area contributed by atoms with Gasteiger partial charge in [0, 0.05) is 11.9 Å². The Balaban J connectivity index is 2.25. The van der Waals surface area contributed by atoms with Gasteiger partial charge in [-0.3, -0.25) is 4.79 Å². The van der Waals surface area contributed by atoms with Crippen molar-refractivity contribution in [2.45, 2.75) is 4.90 Å². The summed E-state index contributed by atoms with van der Waals surface area (Å²) in [5.41, 5.74) is 6.47. The zero-order chi connectivity index (χ0) is 14.0. The summed E-state index contributed by atoms with van der Waals surface area (Å²) in [5.74, 6) is -0.349. The Hall–Kier alpha value is -1.86. The van der Waals surface area contributed by atoms with Gasteiger partial charge in [-0.05, 0) is 29.6 Å². The highest BCUT2D eigenvalue weighted by Gasteiger charge is 2.13. The molecule has 1 heterocycles. The van der Waals surface area contributed by atoms with Crippen LogP contribution in [-0.4, -0.2) is 20.6 Å². The van der Waals surface area contributed by atoms with E-state index in [9.17, 15) is 13.2 Å². The molecule has 0 aliphatic heterocycles. The van der Waals surface area contributed by atoms with E-state index in [2.05, 4.69) is 5.32 Å². The average molecular weight is 296 g/mol. The SMILES string of the molecule is CS(=O)(=O)c1cccc(NC(=O)c2sccc2N)c1. The predicted molar refractivity (Wildman–Crippen MR) is 76.2 cm³/mol. The Morgan fingerprint density at radius 3 is 2.63 bits per heavy atom. The molecule has 0 saturated heterocycles. The number of sulfone groups is 1. The summed E-state index contributed by atoms with van der Waals surface area (Å²) in [6.07, 6.45) is 1.12. The van der Waals surface area contributed by atoms with E-state index in [0.717, 1.165) is 6.26 Å². The van der Waals surface area contributed by atoms with E-state index in [4.69, 9.17) is 5.73 Å². The molecule has 0 unspecified atom stereocenters. The Morgan fingerprint density at radius 2 is 2.05 bits per heavy atom. The first-order valence-electron chi connectivity index (χ1n) is 5.32. The molecule has 0 saturated carbocycles. The van der Waals surface area contributed by atoms with Gasteiger partial charge in [-0.25, -0.2) is 8.42 Å². The third-order valence-electron chi connectivity index (χ3n) is 2.42. The molecular weight excluding hydrogens is 284 g/mol. The van der Waals surface area contributed by atoms with Gasteiger partial charge < -0.3 is 11.1 Å². The third-order valence-corrected chi connectivity index (χ3v) is 4.46. The lowest BCUT2D eigenvalue weighted by Crippen LogP contribution is -2.12. The lowest BCUT2D eigenvalue weighted by Gasteiger charge is -2.06. The van der Waals surface area contributed by atoms with Crippen LogP contribution in [0.15, 0.2) is 40.6 Å². The van der Waals surface area contributed by atoms with Gasteiger partial charge in [0.1, 0.15) is 4.88 Å². The summed E-state index contributed by atoms with van der Waals surface area (Å²) in [6, 6.07) is 7.73. The zero-order valence-corrected chi connectivity index (χ0v) is 11.7. The maximum atomic E-state index is 11.9. The number of hydrogen-bond donors (Lipinski definition) is 2. The minimum absolute atomic E-state index is 0.157. The van der Waals surface area contributed by atoms with Gasteiger partial charge in [-0.1, -0.05) is 6.07 Å². The minimum atomic E-state index is -3.30. The zero-order valence-electron chi connectivity index (χ0n) is 10.1. The van der Waals surface area contributed by atoms with Gasteiger partial charge in [-0.2, -0.15) is 0 Å². The summed E-state index contributed by atoms with van der Waals surface area (Å²) in [5, 5.41) is 4.34. The van der Waals surface area contributed by atoms with Crippen LogP contribution in [0.1, 0.15) is 9.67 Å². The van der Waals surface area contributed by atoms with Gasteiger partial charge >= 0.3 is 0 Å². The van der Waals surface area contributed by atoms with Gasteiger partial charge in [0.25, 0.3) is 5.91 Å². The molecule has 1 aromatic carbocycles. The molecular formula is C12H12N2O3S2. The van der Waals surface area contributed by atoms with Crippen LogP contribution in [0, 0.1) is 0 Å². The lowest BCUT2D eigenvalue weighted by atomic mass is 10.3. The molecule has 7 heteroatoms. The van der Waals surface area contributed by atoms with Crippen LogP contribution in [0.25, 0.3) is 0 Å². The van der Waals surface area contributed by atoms with Crippen LogP contribution in [0.5, 0.6) is 0 Å². The second-order valence-corrected chi connectivity index (χ2v) is 6.89. The molecule has 3 N–H and O–H groups in total. The fraction of sp³-hybridized carbons (Fsp3) is 0.0833. The summed E-state index contributed by atoms with van der Waals surface area (Å²) in [4.78, 5) is 12.5. The molecule has 2 rings (SSSR count). The van der Waals surface area contributed by atoms with Gasteiger partial charge in [0.15, 0.2) is 9.84 Å². The molecule has 0 radical (unpaired) electrons. The molecule has 1 aromatic heterocycles. The minimum Gasteiger partial charge on any atom is -0.397 e. The second-order valence-electron chi connectivity index (χ2n) is 3.96. The Bertz CT molecular complexity index is 720. The average Bonchev–Trinajstić information content (AvgIpc) is 2.75. The van der Waals surface area contributed by atoms with Crippen molar-refractivity contribution in [3.63, 3.8) is 0 Å². The number of rotatable bonds is 3. The van der Waals surface area contributed by atoms with Crippen LogP contribution in [0.3, 0.4) is 0 Å². The van der Waals surface area contributed by atoms with E-state index in [1.165, 1.54) is 23.5 Å². The van der Waals surface area contributed by atoms with Crippen molar-refractivity contribution in [2.24, 2.45) is 0 Å². The number of nitrogens with one attached hydrogen (secondary N) is 1. The van der Waals surface area contributed by atoms with Crippen molar-refractivity contribution < 1.29 is 13.2 Å². The van der Waals surface area contributed by atoms with E-state index in [0.29, 0.717) is 16.3 Å². The Kier molecular flexibility index (Phi) is 3.59. The highest BCUT2D eigenvalue weighted by molar-refractivity contribution is 7.90. The Morgan fingerprint density at radius 1 is 1.32 bits per heavy atom. The number of carbonyl (C=O) groups excluding carboxylic acids is 1. The molecule has 0 aliphatic rings. The molecule has 0 aliphatic carbocycles. The van der Waals surface area contributed by atoms with Gasteiger partial charge in [-0.15, -0.1) is 11.3 Å². The predicted octanol–water partition coefficient (Wildman–Crippen LogP) is 1.99. The number of amides is 1. The van der Waals surface area contributed by atoms with E-state index in [-0.39, 0.29) is 10.8 Å². The largest absolute Gasteiger partial charge is 0.397 e.